The van der Waals surface area contributed by atoms with E-state index in [-0.39, 0.29) is 12.7 Å². The van der Waals surface area contributed by atoms with Gasteiger partial charge in [-0.3, -0.25) is 0 Å². The fraction of sp³-hybridized carbons (Fsp3) is 0.800. The molecular formula is C10H18O2. The molecule has 0 aromatic heterocycles. The SMILES string of the molecule is C=C(CO)[C@@H]1CC[C@H](C)[C@H](O)C1. The number of hydrogen-bond donors (Lipinski definition) is 2. The normalized spacial score (nSPS) is 36.4. The molecule has 1 aliphatic rings. The zero-order valence-corrected chi connectivity index (χ0v) is 7.66. The molecule has 2 N–H and O–H groups in total. The second-order valence-corrected chi connectivity index (χ2v) is 3.87. The van der Waals surface area contributed by atoms with Crippen LogP contribution in [0.5, 0.6) is 0 Å². The first kappa shape index (κ1) is 9.75. The van der Waals surface area contributed by atoms with Gasteiger partial charge in [0.15, 0.2) is 0 Å². The van der Waals surface area contributed by atoms with Gasteiger partial charge in [0.2, 0.25) is 0 Å². The quantitative estimate of drug-likeness (QED) is 0.614. The van der Waals surface area contributed by atoms with Crippen LogP contribution in [0.15, 0.2) is 12.2 Å². The van der Waals surface area contributed by atoms with Gasteiger partial charge in [0, 0.05) is 0 Å². The monoisotopic (exact) mass is 170 g/mol. The summed E-state index contributed by atoms with van der Waals surface area (Å²) in [4.78, 5) is 0. The van der Waals surface area contributed by atoms with Gasteiger partial charge in [-0.05, 0) is 36.7 Å². The van der Waals surface area contributed by atoms with Gasteiger partial charge in [-0.15, -0.1) is 0 Å². The van der Waals surface area contributed by atoms with E-state index in [1.807, 2.05) is 0 Å². The lowest BCUT2D eigenvalue weighted by molar-refractivity contribution is 0.0591. The van der Waals surface area contributed by atoms with E-state index in [0.717, 1.165) is 24.8 Å². The van der Waals surface area contributed by atoms with Crippen LogP contribution in [0.3, 0.4) is 0 Å². The Morgan fingerprint density at radius 1 is 1.50 bits per heavy atom. The molecular weight excluding hydrogens is 152 g/mol. The van der Waals surface area contributed by atoms with Gasteiger partial charge < -0.3 is 10.2 Å². The maximum atomic E-state index is 9.57. The highest BCUT2D eigenvalue weighted by molar-refractivity contribution is 5.03. The Morgan fingerprint density at radius 3 is 2.67 bits per heavy atom. The van der Waals surface area contributed by atoms with Crippen LogP contribution in [0, 0.1) is 11.8 Å². The largest absolute Gasteiger partial charge is 0.393 e. The van der Waals surface area contributed by atoms with Gasteiger partial charge in [0.1, 0.15) is 0 Å². The number of hydrogen-bond acceptors (Lipinski definition) is 2. The fourth-order valence-corrected chi connectivity index (χ4v) is 1.80. The summed E-state index contributed by atoms with van der Waals surface area (Å²) in [6, 6.07) is 0. The average molecular weight is 170 g/mol. The first-order valence-electron chi connectivity index (χ1n) is 4.61. The molecule has 0 radical (unpaired) electrons. The standard InChI is InChI=1S/C10H18O2/c1-7-3-4-9(5-10(7)12)8(2)6-11/h7,9-12H,2-6H2,1H3/t7-,9+,10+/m0/s1. The Bertz CT molecular complexity index is 165. The Morgan fingerprint density at radius 2 is 2.17 bits per heavy atom. The van der Waals surface area contributed by atoms with Gasteiger partial charge in [-0.1, -0.05) is 13.5 Å². The van der Waals surface area contributed by atoms with Gasteiger partial charge >= 0.3 is 0 Å². The fourth-order valence-electron chi connectivity index (χ4n) is 1.80. The zero-order valence-electron chi connectivity index (χ0n) is 7.66. The highest BCUT2D eigenvalue weighted by atomic mass is 16.3. The van der Waals surface area contributed by atoms with E-state index in [1.54, 1.807) is 0 Å². The molecule has 12 heavy (non-hydrogen) atoms. The minimum absolute atomic E-state index is 0.0613. The molecule has 1 rings (SSSR count). The summed E-state index contributed by atoms with van der Waals surface area (Å²) in [5.41, 5.74) is 0.876. The topological polar surface area (TPSA) is 40.5 Å². The summed E-state index contributed by atoms with van der Waals surface area (Å²) in [6.07, 6.45) is 2.69. The van der Waals surface area contributed by atoms with E-state index in [2.05, 4.69) is 13.5 Å². The summed E-state index contributed by atoms with van der Waals surface area (Å²) in [5.74, 6) is 0.744. The number of rotatable bonds is 2. The minimum Gasteiger partial charge on any atom is -0.393 e. The Hall–Kier alpha value is -0.340. The smallest absolute Gasteiger partial charge is 0.0641 e. The van der Waals surface area contributed by atoms with Crippen LogP contribution in [-0.4, -0.2) is 22.9 Å². The van der Waals surface area contributed by atoms with Gasteiger partial charge in [-0.2, -0.15) is 0 Å². The van der Waals surface area contributed by atoms with Crippen molar-refractivity contribution in [2.45, 2.75) is 32.3 Å². The maximum absolute atomic E-state index is 9.57. The van der Waals surface area contributed by atoms with Crippen LogP contribution < -0.4 is 0 Å². The molecule has 0 aromatic rings. The van der Waals surface area contributed by atoms with Gasteiger partial charge in [0.25, 0.3) is 0 Å². The second-order valence-electron chi connectivity index (χ2n) is 3.87. The van der Waals surface area contributed by atoms with Crippen molar-refractivity contribution >= 4 is 0 Å². The van der Waals surface area contributed by atoms with Crippen LogP contribution in [0.4, 0.5) is 0 Å². The van der Waals surface area contributed by atoms with Crippen molar-refractivity contribution in [3.05, 3.63) is 12.2 Å². The Kier molecular flexibility index (Phi) is 3.29. The van der Waals surface area contributed by atoms with Crippen molar-refractivity contribution in [3.63, 3.8) is 0 Å². The highest BCUT2D eigenvalue weighted by Crippen LogP contribution is 2.32. The van der Waals surface area contributed by atoms with Crippen LogP contribution >= 0.6 is 0 Å². The highest BCUT2D eigenvalue weighted by Gasteiger charge is 2.26. The van der Waals surface area contributed by atoms with Crippen molar-refractivity contribution in [1.82, 2.24) is 0 Å². The lowest BCUT2D eigenvalue weighted by Crippen LogP contribution is -2.28. The predicted octanol–water partition coefficient (Wildman–Crippen LogP) is 1.33. The predicted molar refractivity (Wildman–Crippen MR) is 48.7 cm³/mol. The lowest BCUT2D eigenvalue weighted by Gasteiger charge is -2.31. The number of aliphatic hydroxyl groups excluding tert-OH is 2. The molecule has 0 unspecified atom stereocenters. The molecule has 0 amide bonds. The van der Waals surface area contributed by atoms with Crippen molar-refractivity contribution in [2.24, 2.45) is 11.8 Å². The molecule has 1 fully saturated rings. The van der Waals surface area contributed by atoms with Crippen LogP contribution in [0.25, 0.3) is 0 Å². The molecule has 2 nitrogen and oxygen atoms in total. The Balaban J connectivity index is 2.45. The van der Waals surface area contributed by atoms with E-state index >= 15 is 0 Å². The zero-order chi connectivity index (χ0) is 9.14. The molecule has 0 aliphatic heterocycles. The van der Waals surface area contributed by atoms with Crippen molar-refractivity contribution < 1.29 is 10.2 Å². The summed E-state index contributed by atoms with van der Waals surface area (Å²) in [6.45, 7) is 5.93. The lowest BCUT2D eigenvalue weighted by atomic mass is 9.78. The summed E-state index contributed by atoms with van der Waals surface area (Å²) < 4.78 is 0. The molecule has 3 atom stereocenters. The Labute approximate surface area is 73.9 Å². The third-order valence-electron chi connectivity index (χ3n) is 2.93. The van der Waals surface area contributed by atoms with E-state index < -0.39 is 0 Å². The molecule has 1 aliphatic carbocycles. The first-order valence-corrected chi connectivity index (χ1v) is 4.61. The van der Waals surface area contributed by atoms with E-state index in [1.165, 1.54) is 0 Å². The third kappa shape index (κ3) is 2.08. The molecule has 2 heteroatoms. The first-order chi connectivity index (χ1) is 5.65. The summed E-state index contributed by atoms with van der Waals surface area (Å²) in [5, 5.41) is 18.4. The summed E-state index contributed by atoms with van der Waals surface area (Å²) in [7, 11) is 0. The summed E-state index contributed by atoms with van der Waals surface area (Å²) >= 11 is 0. The van der Waals surface area contributed by atoms with E-state index in [0.29, 0.717) is 11.8 Å². The van der Waals surface area contributed by atoms with Crippen LogP contribution in [0.2, 0.25) is 0 Å². The van der Waals surface area contributed by atoms with E-state index in [9.17, 15) is 5.11 Å². The van der Waals surface area contributed by atoms with Crippen molar-refractivity contribution in [3.8, 4) is 0 Å². The van der Waals surface area contributed by atoms with Crippen molar-refractivity contribution in [1.29, 1.82) is 0 Å². The van der Waals surface area contributed by atoms with Crippen molar-refractivity contribution in [2.75, 3.05) is 6.61 Å². The average Bonchev–Trinajstić information content (AvgIpc) is 2.08. The molecule has 0 heterocycles. The molecule has 0 bridgehead atoms. The molecule has 0 spiro atoms. The van der Waals surface area contributed by atoms with E-state index in [4.69, 9.17) is 5.11 Å². The molecule has 0 saturated heterocycles. The molecule has 70 valence electrons. The maximum Gasteiger partial charge on any atom is 0.0641 e. The van der Waals surface area contributed by atoms with Gasteiger partial charge in [0.05, 0.1) is 12.7 Å². The molecule has 0 aromatic carbocycles. The van der Waals surface area contributed by atoms with Crippen LogP contribution in [-0.2, 0) is 0 Å². The minimum atomic E-state index is -0.202. The number of aliphatic hydroxyl groups is 2. The van der Waals surface area contributed by atoms with Crippen LogP contribution in [0.1, 0.15) is 26.2 Å². The molecule has 1 saturated carbocycles. The van der Waals surface area contributed by atoms with Gasteiger partial charge in [-0.25, -0.2) is 0 Å². The second kappa shape index (κ2) is 4.06. The third-order valence-corrected chi connectivity index (χ3v) is 2.93.